The fraction of sp³-hybridized carbons (Fsp3) is 0.444. The molecule has 0 saturated carbocycles. The number of nitrogens with zero attached hydrogens (tertiary/aromatic N) is 2. The lowest BCUT2D eigenvalue weighted by Gasteiger charge is -2.13. The van der Waals surface area contributed by atoms with Gasteiger partial charge in [0, 0.05) is 11.9 Å². The van der Waals surface area contributed by atoms with E-state index in [1.807, 2.05) is 11.4 Å². The van der Waals surface area contributed by atoms with Gasteiger partial charge in [-0.05, 0) is 43.6 Å². The highest BCUT2D eigenvalue weighted by Gasteiger charge is 2.11. The predicted octanol–water partition coefficient (Wildman–Crippen LogP) is 3.33. The van der Waals surface area contributed by atoms with Crippen molar-refractivity contribution in [3.05, 3.63) is 29.4 Å². The molecule has 8 heteroatoms. The number of esters is 1. The number of thiophene rings is 1. The van der Waals surface area contributed by atoms with Crippen LogP contribution in [0.3, 0.4) is 0 Å². The van der Waals surface area contributed by atoms with Crippen LogP contribution < -0.4 is 5.32 Å². The molecule has 0 unspecified atom stereocenters. The molecule has 3 rings (SSSR count). The molecule has 1 aliphatic carbocycles. The zero-order valence-electron chi connectivity index (χ0n) is 14.4. The maximum absolute atomic E-state index is 11.8. The second-order valence-electron chi connectivity index (χ2n) is 5.98. The number of carbonyl (C=O) groups excluding carboxylic acids is 2. The topological polar surface area (TPSA) is 81.2 Å². The molecule has 0 bridgehead atoms. The van der Waals surface area contributed by atoms with Crippen molar-refractivity contribution in [1.29, 1.82) is 0 Å². The van der Waals surface area contributed by atoms with Crippen LogP contribution in [0.2, 0.25) is 0 Å². The predicted molar refractivity (Wildman–Crippen MR) is 103 cm³/mol. The summed E-state index contributed by atoms with van der Waals surface area (Å²) in [4.78, 5) is 32.9. The van der Waals surface area contributed by atoms with Gasteiger partial charge in [-0.25, -0.2) is 9.97 Å². The van der Waals surface area contributed by atoms with E-state index in [0.29, 0.717) is 6.54 Å². The molecule has 1 amide bonds. The minimum absolute atomic E-state index is 0.113. The highest BCUT2D eigenvalue weighted by Crippen LogP contribution is 2.27. The molecule has 0 radical (unpaired) electrons. The standard InChI is InChI=1S/C18H21N3O3S2/c22-15(19-8-6-13-4-2-1-3-5-13)10-24-16(23)11-26-18-14-7-9-25-17(14)20-12-21-18/h4,7,9,12H,1-3,5-6,8,10-11H2,(H,19,22). The van der Waals surface area contributed by atoms with Crippen LogP contribution in [0.4, 0.5) is 0 Å². The van der Waals surface area contributed by atoms with Crippen molar-refractivity contribution in [2.75, 3.05) is 18.9 Å². The zero-order chi connectivity index (χ0) is 18.2. The first-order valence-electron chi connectivity index (χ1n) is 8.63. The summed E-state index contributed by atoms with van der Waals surface area (Å²) in [6.07, 6.45) is 9.40. The Kier molecular flexibility index (Phi) is 7.02. The fourth-order valence-electron chi connectivity index (χ4n) is 2.74. The van der Waals surface area contributed by atoms with Gasteiger partial charge < -0.3 is 10.1 Å². The van der Waals surface area contributed by atoms with Crippen molar-refractivity contribution in [3.8, 4) is 0 Å². The largest absolute Gasteiger partial charge is 0.455 e. The molecule has 0 saturated heterocycles. The first-order valence-corrected chi connectivity index (χ1v) is 10.5. The van der Waals surface area contributed by atoms with Crippen LogP contribution >= 0.6 is 23.1 Å². The summed E-state index contributed by atoms with van der Waals surface area (Å²) in [7, 11) is 0. The number of nitrogens with one attached hydrogen (secondary N) is 1. The average molecular weight is 392 g/mol. The highest BCUT2D eigenvalue weighted by molar-refractivity contribution is 8.00. The number of thioether (sulfide) groups is 1. The number of aromatic nitrogens is 2. The smallest absolute Gasteiger partial charge is 0.316 e. The molecule has 26 heavy (non-hydrogen) atoms. The molecular formula is C18H21N3O3S2. The van der Waals surface area contributed by atoms with E-state index in [4.69, 9.17) is 4.74 Å². The maximum atomic E-state index is 11.8. The molecule has 1 N–H and O–H groups in total. The van der Waals surface area contributed by atoms with Gasteiger partial charge in [-0.3, -0.25) is 9.59 Å². The Balaban J connectivity index is 1.34. The lowest BCUT2D eigenvalue weighted by molar-refractivity contribution is -0.145. The van der Waals surface area contributed by atoms with Gasteiger partial charge in [-0.15, -0.1) is 11.3 Å². The van der Waals surface area contributed by atoms with Gasteiger partial charge in [0.25, 0.3) is 5.91 Å². The van der Waals surface area contributed by atoms with Crippen LogP contribution in [-0.2, 0) is 14.3 Å². The molecular weight excluding hydrogens is 370 g/mol. The molecule has 0 spiro atoms. The third-order valence-electron chi connectivity index (χ3n) is 4.07. The molecule has 2 aromatic rings. The van der Waals surface area contributed by atoms with E-state index >= 15 is 0 Å². The van der Waals surface area contributed by atoms with Crippen molar-refractivity contribution in [2.24, 2.45) is 0 Å². The molecule has 0 aromatic carbocycles. The number of allylic oxidation sites excluding steroid dienone is 1. The van der Waals surface area contributed by atoms with Crippen molar-refractivity contribution in [1.82, 2.24) is 15.3 Å². The van der Waals surface area contributed by atoms with Gasteiger partial charge in [0.2, 0.25) is 0 Å². The minimum Gasteiger partial charge on any atom is -0.455 e. The number of hydrogen-bond acceptors (Lipinski definition) is 7. The summed E-state index contributed by atoms with van der Waals surface area (Å²) >= 11 is 2.82. The lowest BCUT2D eigenvalue weighted by atomic mass is 9.97. The summed E-state index contributed by atoms with van der Waals surface area (Å²) in [6, 6.07) is 1.93. The number of fused-ring (bicyclic) bond motifs is 1. The van der Waals surface area contributed by atoms with E-state index in [0.717, 1.165) is 34.5 Å². The molecule has 0 aliphatic heterocycles. The van der Waals surface area contributed by atoms with E-state index < -0.39 is 5.97 Å². The molecule has 2 heterocycles. The number of amides is 1. The maximum Gasteiger partial charge on any atom is 0.316 e. The summed E-state index contributed by atoms with van der Waals surface area (Å²) in [5, 5.41) is 6.42. The summed E-state index contributed by atoms with van der Waals surface area (Å²) in [5.41, 5.74) is 1.41. The van der Waals surface area contributed by atoms with Gasteiger partial charge in [-0.1, -0.05) is 23.4 Å². The van der Waals surface area contributed by atoms with E-state index in [2.05, 4.69) is 21.4 Å². The van der Waals surface area contributed by atoms with Gasteiger partial charge in [-0.2, -0.15) is 0 Å². The van der Waals surface area contributed by atoms with Crippen molar-refractivity contribution < 1.29 is 14.3 Å². The van der Waals surface area contributed by atoms with Gasteiger partial charge >= 0.3 is 5.97 Å². The van der Waals surface area contributed by atoms with Gasteiger partial charge in [0.1, 0.15) is 16.2 Å². The summed E-state index contributed by atoms with van der Waals surface area (Å²) in [6.45, 7) is 0.351. The molecule has 6 nitrogen and oxygen atoms in total. The third-order valence-corrected chi connectivity index (χ3v) is 5.87. The highest BCUT2D eigenvalue weighted by atomic mass is 32.2. The quantitative estimate of drug-likeness (QED) is 0.322. The third kappa shape index (κ3) is 5.54. The Hall–Kier alpha value is -1.93. The van der Waals surface area contributed by atoms with Crippen LogP contribution in [0, 0.1) is 0 Å². The zero-order valence-corrected chi connectivity index (χ0v) is 16.0. The van der Waals surface area contributed by atoms with E-state index in [1.165, 1.54) is 47.8 Å². The number of rotatable bonds is 8. The number of ether oxygens (including phenoxy) is 1. The van der Waals surface area contributed by atoms with Gasteiger partial charge in [0.15, 0.2) is 6.61 Å². The first-order chi connectivity index (χ1) is 12.7. The van der Waals surface area contributed by atoms with E-state index in [9.17, 15) is 9.59 Å². The summed E-state index contributed by atoms with van der Waals surface area (Å²) < 4.78 is 5.03. The molecule has 0 fully saturated rings. The van der Waals surface area contributed by atoms with E-state index in [1.54, 1.807) is 0 Å². The van der Waals surface area contributed by atoms with E-state index in [-0.39, 0.29) is 18.3 Å². The second-order valence-corrected chi connectivity index (χ2v) is 7.83. The van der Waals surface area contributed by atoms with Crippen molar-refractivity contribution in [3.63, 3.8) is 0 Å². The van der Waals surface area contributed by atoms with Gasteiger partial charge in [0.05, 0.1) is 5.75 Å². The van der Waals surface area contributed by atoms with Crippen molar-refractivity contribution >= 4 is 45.2 Å². The Morgan fingerprint density at radius 1 is 1.31 bits per heavy atom. The first kappa shape index (κ1) is 18.8. The van der Waals surface area contributed by atoms with Crippen LogP contribution in [0.5, 0.6) is 0 Å². The number of hydrogen-bond donors (Lipinski definition) is 1. The Morgan fingerprint density at radius 2 is 2.23 bits per heavy atom. The monoisotopic (exact) mass is 391 g/mol. The van der Waals surface area contributed by atoms with Crippen LogP contribution in [0.15, 0.2) is 34.4 Å². The second kappa shape index (κ2) is 9.68. The normalized spacial score (nSPS) is 14.1. The average Bonchev–Trinajstić information content (AvgIpc) is 3.15. The number of carbonyl (C=O) groups is 2. The summed E-state index contributed by atoms with van der Waals surface area (Å²) in [5.74, 6) is -0.577. The molecule has 0 atom stereocenters. The van der Waals surface area contributed by atoms with Crippen LogP contribution in [-0.4, -0.2) is 40.7 Å². The molecule has 2 aromatic heterocycles. The fourth-order valence-corrected chi connectivity index (χ4v) is 4.32. The Bertz CT molecular complexity index is 804. The lowest BCUT2D eigenvalue weighted by Crippen LogP contribution is -2.30. The SMILES string of the molecule is O=C(COC(=O)CSc1ncnc2sccc12)NCCC1=CCCCC1. The van der Waals surface area contributed by atoms with Crippen LogP contribution in [0.25, 0.3) is 10.2 Å². The van der Waals surface area contributed by atoms with Crippen LogP contribution in [0.1, 0.15) is 32.1 Å². The Labute approximate surface area is 160 Å². The molecule has 1 aliphatic rings. The Morgan fingerprint density at radius 3 is 3.08 bits per heavy atom. The van der Waals surface area contributed by atoms with Crippen molar-refractivity contribution in [2.45, 2.75) is 37.1 Å². The molecule has 138 valence electrons. The minimum atomic E-state index is -0.429.